The summed E-state index contributed by atoms with van der Waals surface area (Å²) >= 11 is 6.57. The van der Waals surface area contributed by atoms with Gasteiger partial charge in [-0.05, 0) is 66.0 Å². The number of nitrogens with zero attached hydrogens (tertiary/aromatic N) is 1. The largest absolute Gasteiger partial charge is 0.379 e. The molecule has 8 heteroatoms. The van der Waals surface area contributed by atoms with Crippen LogP contribution in [-0.4, -0.2) is 31.4 Å². The minimum absolute atomic E-state index is 0.00688. The second-order valence-electron chi connectivity index (χ2n) is 14.0. The molecule has 6 rings (SSSR count). The standard InChI is InChI=1S/C37H38ClNO5S/c1-36(2)20-28-34(30(40)22-36)33(27-19-25(38)15-16-32(27)44-45(42,43)26-13-9-6-10-14-26)35-29(21-37(3,4)23-31(35)41)39(28)18-17-24-11-7-5-8-12-24/h5-16,19,33H,17-18,20-23H2,1-4H3. The van der Waals surface area contributed by atoms with Gasteiger partial charge in [0.2, 0.25) is 0 Å². The van der Waals surface area contributed by atoms with E-state index in [-0.39, 0.29) is 33.0 Å². The highest BCUT2D eigenvalue weighted by molar-refractivity contribution is 7.87. The molecule has 0 unspecified atom stereocenters. The number of benzene rings is 3. The van der Waals surface area contributed by atoms with Gasteiger partial charge in [0.25, 0.3) is 0 Å². The Morgan fingerprint density at radius 3 is 1.87 bits per heavy atom. The van der Waals surface area contributed by atoms with E-state index >= 15 is 0 Å². The van der Waals surface area contributed by atoms with Gasteiger partial charge in [0, 0.05) is 58.4 Å². The van der Waals surface area contributed by atoms with Crippen LogP contribution in [0.1, 0.15) is 70.4 Å². The lowest BCUT2D eigenvalue weighted by molar-refractivity contribution is -0.119. The highest BCUT2D eigenvalue weighted by Crippen LogP contribution is 2.55. The zero-order valence-corrected chi connectivity index (χ0v) is 27.7. The first-order valence-electron chi connectivity index (χ1n) is 15.4. The van der Waals surface area contributed by atoms with E-state index in [1.54, 1.807) is 30.3 Å². The van der Waals surface area contributed by atoms with Crippen LogP contribution in [-0.2, 0) is 26.1 Å². The highest BCUT2D eigenvalue weighted by atomic mass is 35.5. The highest BCUT2D eigenvalue weighted by Gasteiger charge is 2.49. The van der Waals surface area contributed by atoms with Crippen LogP contribution in [0.2, 0.25) is 5.02 Å². The summed E-state index contributed by atoms with van der Waals surface area (Å²) < 4.78 is 32.7. The normalized spacial score (nSPS) is 19.8. The predicted octanol–water partition coefficient (Wildman–Crippen LogP) is 8.04. The third kappa shape index (κ3) is 6.25. The predicted molar refractivity (Wildman–Crippen MR) is 175 cm³/mol. The molecule has 45 heavy (non-hydrogen) atoms. The first-order valence-corrected chi connectivity index (χ1v) is 17.2. The Balaban J connectivity index is 1.56. The summed E-state index contributed by atoms with van der Waals surface area (Å²) in [6.07, 6.45) is 2.66. The summed E-state index contributed by atoms with van der Waals surface area (Å²) in [5, 5.41) is 0.359. The van der Waals surface area contributed by atoms with E-state index in [2.05, 4.69) is 44.7 Å². The summed E-state index contributed by atoms with van der Waals surface area (Å²) in [4.78, 5) is 30.7. The third-order valence-electron chi connectivity index (χ3n) is 9.00. The van der Waals surface area contributed by atoms with Crippen molar-refractivity contribution in [3.05, 3.63) is 118 Å². The molecule has 0 atom stereocenters. The van der Waals surface area contributed by atoms with Gasteiger partial charge in [0.05, 0.1) is 0 Å². The van der Waals surface area contributed by atoms with E-state index in [0.29, 0.717) is 54.0 Å². The molecule has 0 saturated heterocycles. The third-order valence-corrected chi connectivity index (χ3v) is 10.5. The number of Topliss-reactive ketones (excluding diaryl/α,β-unsaturated/α-hetero) is 2. The van der Waals surface area contributed by atoms with E-state index < -0.39 is 16.0 Å². The van der Waals surface area contributed by atoms with E-state index in [1.165, 1.54) is 23.8 Å². The lowest BCUT2D eigenvalue weighted by Gasteiger charge is -2.49. The van der Waals surface area contributed by atoms with Gasteiger partial charge >= 0.3 is 10.1 Å². The second-order valence-corrected chi connectivity index (χ2v) is 15.9. The molecule has 3 aromatic carbocycles. The number of halogens is 1. The molecule has 0 fully saturated rings. The molecule has 1 heterocycles. The van der Waals surface area contributed by atoms with E-state index in [1.807, 2.05) is 18.2 Å². The first kappa shape index (κ1) is 31.3. The van der Waals surface area contributed by atoms with Gasteiger partial charge < -0.3 is 9.08 Å². The van der Waals surface area contributed by atoms with Crippen molar-refractivity contribution in [2.75, 3.05) is 6.54 Å². The molecule has 0 bridgehead atoms. The number of carbonyl (C=O) groups excluding carboxylic acids is 2. The Kier molecular flexibility index (Phi) is 8.07. The van der Waals surface area contributed by atoms with Gasteiger partial charge in [-0.15, -0.1) is 0 Å². The molecule has 0 N–H and O–H groups in total. The summed E-state index contributed by atoms with van der Waals surface area (Å²) in [6.45, 7) is 9.00. The van der Waals surface area contributed by atoms with Crippen LogP contribution < -0.4 is 4.18 Å². The van der Waals surface area contributed by atoms with Gasteiger partial charge in [-0.3, -0.25) is 9.59 Å². The number of carbonyl (C=O) groups is 2. The van der Waals surface area contributed by atoms with Crippen molar-refractivity contribution >= 4 is 33.3 Å². The number of hydrogen-bond donors (Lipinski definition) is 0. The molecule has 0 aromatic heterocycles. The molecule has 3 aliphatic rings. The lowest BCUT2D eigenvalue weighted by Crippen LogP contribution is -2.45. The van der Waals surface area contributed by atoms with Gasteiger partial charge in [-0.25, -0.2) is 0 Å². The summed E-state index contributed by atoms with van der Waals surface area (Å²) in [6, 6.07) is 22.9. The molecule has 3 aromatic rings. The average Bonchev–Trinajstić information content (AvgIpc) is 2.96. The van der Waals surface area contributed by atoms with Gasteiger partial charge in [0.15, 0.2) is 11.6 Å². The zero-order chi connectivity index (χ0) is 32.1. The van der Waals surface area contributed by atoms with E-state index in [9.17, 15) is 18.0 Å². The second kappa shape index (κ2) is 11.6. The molecule has 0 radical (unpaired) electrons. The van der Waals surface area contributed by atoms with Crippen LogP contribution in [0.3, 0.4) is 0 Å². The van der Waals surface area contributed by atoms with Crippen molar-refractivity contribution in [3.63, 3.8) is 0 Å². The fraction of sp³-hybridized carbons (Fsp3) is 0.351. The molecule has 234 valence electrons. The summed E-state index contributed by atoms with van der Waals surface area (Å²) in [7, 11) is -4.22. The molecule has 0 saturated carbocycles. The minimum Gasteiger partial charge on any atom is -0.379 e. The number of rotatable bonds is 7. The van der Waals surface area contributed by atoms with Crippen molar-refractivity contribution in [2.45, 2.75) is 70.6 Å². The topological polar surface area (TPSA) is 80.8 Å². The van der Waals surface area contributed by atoms with Crippen molar-refractivity contribution < 1.29 is 22.2 Å². The smallest absolute Gasteiger partial charge is 0.339 e. The van der Waals surface area contributed by atoms with Gasteiger partial charge in [-0.2, -0.15) is 8.42 Å². The Labute approximate surface area is 270 Å². The monoisotopic (exact) mass is 643 g/mol. The Bertz CT molecular complexity index is 1790. The van der Waals surface area contributed by atoms with E-state index in [4.69, 9.17) is 15.8 Å². The van der Waals surface area contributed by atoms with Crippen LogP contribution in [0, 0.1) is 10.8 Å². The van der Waals surface area contributed by atoms with Gasteiger partial charge in [-0.1, -0.05) is 87.8 Å². The van der Waals surface area contributed by atoms with Crippen molar-refractivity contribution in [3.8, 4) is 5.75 Å². The molecular formula is C37H38ClNO5S. The minimum atomic E-state index is -4.22. The quantitative estimate of drug-likeness (QED) is 0.243. The SMILES string of the molecule is CC1(C)CC(=O)C2=C(C1)N(CCc1ccccc1)C1=C(C(=O)CC(C)(C)C1)C2c1cc(Cl)ccc1OS(=O)(=O)c1ccccc1. The number of hydrogen-bond acceptors (Lipinski definition) is 6. The molecule has 1 aliphatic heterocycles. The zero-order valence-electron chi connectivity index (χ0n) is 26.1. The first-order chi connectivity index (χ1) is 21.2. The van der Waals surface area contributed by atoms with Crippen molar-refractivity contribution in [1.29, 1.82) is 0 Å². The maximum Gasteiger partial charge on any atom is 0.339 e. The van der Waals surface area contributed by atoms with Crippen LogP contribution >= 0.6 is 11.6 Å². The Morgan fingerprint density at radius 2 is 1.31 bits per heavy atom. The molecule has 2 aliphatic carbocycles. The van der Waals surface area contributed by atoms with E-state index in [0.717, 1.165) is 17.8 Å². The Morgan fingerprint density at radius 1 is 0.778 bits per heavy atom. The number of ketones is 2. The van der Waals surface area contributed by atoms with Crippen LogP contribution in [0.5, 0.6) is 5.75 Å². The van der Waals surface area contributed by atoms with Crippen LogP contribution in [0.25, 0.3) is 0 Å². The molecular weight excluding hydrogens is 606 g/mol. The maximum atomic E-state index is 14.2. The van der Waals surface area contributed by atoms with Crippen LogP contribution in [0.4, 0.5) is 0 Å². The Hall–Kier alpha value is -3.68. The number of allylic oxidation sites excluding steroid dienone is 4. The van der Waals surface area contributed by atoms with Crippen LogP contribution in [0.15, 0.2) is 106 Å². The molecule has 6 nitrogen and oxygen atoms in total. The van der Waals surface area contributed by atoms with Gasteiger partial charge in [0.1, 0.15) is 10.6 Å². The average molecular weight is 644 g/mol. The lowest BCUT2D eigenvalue weighted by atomic mass is 9.63. The van der Waals surface area contributed by atoms with Crippen molar-refractivity contribution in [2.24, 2.45) is 10.8 Å². The summed E-state index contributed by atoms with van der Waals surface area (Å²) in [5.41, 5.74) is 3.88. The maximum absolute atomic E-state index is 14.2. The van der Waals surface area contributed by atoms with Crippen molar-refractivity contribution in [1.82, 2.24) is 4.90 Å². The fourth-order valence-corrected chi connectivity index (χ4v) is 8.24. The molecule has 0 spiro atoms. The molecule has 0 amide bonds. The summed E-state index contributed by atoms with van der Waals surface area (Å²) in [5.74, 6) is -0.830. The fourth-order valence-electron chi connectivity index (χ4n) is 7.09.